The van der Waals surface area contributed by atoms with E-state index in [4.69, 9.17) is 4.52 Å². The maximum atomic E-state index is 13.4. The Labute approximate surface area is 266 Å². The van der Waals surface area contributed by atoms with Crippen molar-refractivity contribution in [2.45, 2.75) is 51.2 Å². The highest BCUT2D eigenvalue weighted by Crippen LogP contribution is 2.46. The summed E-state index contributed by atoms with van der Waals surface area (Å²) in [5, 5.41) is 9.29. The van der Waals surface area contributed by atoms with E-state index in [-0.39, 0.29) is 11.2 Å². The molecule has 2 N–H and O–H groups in total. The van der Waals surface area contributed by atoms with Crippen LogP contribution in [0.4, 0.5) is 18.9 Å². The van der Waals surface area contributed by atoms with Gasteiger partial charge in [0.05, 0.1) is 17.1 Å². The maximum absolute atomic E-state index is 13.4. The van der Waals surface area contributed by atoms with E-state index in [1.54, 1.807) is 19.1 Å². The predicted octanol–water partition coefficient (Wildman–Crippen LogP) is 5.15. The van der Waals surface area contributed by atoms with E-state index >= 15 is 0 Å². The van der Waals surface area contributed by atoms with Gasteiger partial charge in [-0.15, -0.1) is 0 Å². The fourth-order valence-corrected chi connectivity index (χ4v) is 5.97. The number of alkyl halides is 3. The first-order valence-electron chi connectivity index (χ1n) is 15.2. The molecule has 1 atom stereocenters. The minimum atomic E-state index is -5.35. The first-order valence-corrected chi connectivity index (χ1v) is 15.2. The predicted molar refractivity (Wildman–Crippen MR) is 164 cm³/mol. The van der Waals surface area contributed by atoms with E-state index in [0.717, 1.165) is 66.6 Å². The van der Waals surface area contributed by atoms with Gasteiger partial charge in [0.1, 0.15) is 12.0 Å². The van der Waals surface area contributed by atoms with Gasteiger partial charge in [-0.05, 0) is 56.0 Å². The van der Waals surface area contributed by atoms with Crippen molar-refractivity contribution in [2.24, 2.45) is 0 Å². The summed E-state index contributed by atoms with van der Waals surface area (Å²) in [6, 6.07) is 10.3. The summed E-state index contributed by atoms with van der Waals surface area (Å²) in [6.07, 6.45) is -2.32. The molecular weight excluding hydrogens is 617 g/mol. The van der Waals surface area contributed by atoms with Crippen LogP contribution in [0.5, 0.6) is 0 Å². The zero-order valence-corrected chi connectivity index (χ0v) is 25.8. The molecule has 1 aliphatic heterocycles. The van der Waals surface area contributed by atoms with Crippen LogP contribution in [-0.2, 0) is 15.0 Å². The Hall–Kier alpha value is -5.05. The highest BCUT2D eigenvalue weighted by atomic mass is 19.4. The minimum absolute atomic E-state index is 0.268. The number of aromatic amines is 1. The zero-order valence-electron chi connectivity index (χ0n) is 25.8. The lowest BCUT2D eigenvalue weighted by atomic mass is 9.97. The number of H-pyrrole nitrogens is 1. The topological polar surface area (TPSA) is 142 Å². The van der Waals surface area contributed by atoms with E-state index < -0.39 is 30.0 Å². The summed E-state index contributed by atoms with van der Waals surface area (Å²) in [7, 11) is 0. The molecule has 0 bridgehead atoms. The second-order valence-electron chi connectivity index (χ2n) is 12.3. The monoisotopic (exact) mass is 648 g/mol. The van der Waals surface area contributed by atoms with Gasteiger partial charge in [0.25, 0.3) is 0 Å². The number of benzene rings is 2. The van der Waals surface area contributed by atoms with Gasteiger partial charge in [0.2, 0.25) is 0 Å². The quantitative estimate of drug-likeness (QED) is 0.237. The number of rotatable bonds is 6. The number of aromatic nitrogens is 5. The smallest absolute Gasteiger partial charge is 0.369 e. The lowest BCUT2D eigenvalue weighted by Crippen LogP contribution is -2.43. The second kappa shape index (κ2) is 11.3. The Bertz CT molecular complexity index is 2010. The Morgan fingerprint density at radius 2 is 1.87 bits per heavy atom. The van der Waals surface area contributed by atoms with Crippen molar-refractivity contribution in [3.63, 3.8) is 0 Å². The summed E-state index contributed by atoms with van der Waals surface area (Å²) in [5.74, 6) is -4.03. The van der Waals surface area contributed by atoms with Crippen molar-refractivity contribution in [3.05, 3.63) is 65.6 Å². The Morgan fingerprint density at radius 3 is 2.57 bits per heavy atom. The van der Waals surface area contributed by atoms with Crippen molar-refractivity contribution in [2.75, 3.05) is 31.1 Å². The van der Waals surface area contributed by atoms with Gasteiger partial charge in [0.15, 0.2) is 5.82 Å². The van der Waals surface area contributed by atoms with E-state index in [2.05, 4.69) is 52.3 Å². The van der Waals surface area contributed by atoms with Crippen LogP contribution in [0.1, 0.15) is 60.4 Å². The Balaban J connectivity index is 1.22. The summed E-state index contributed by atoms with van der Waals surface area (Å²) >= 11 is 0. The standard InChI is InChI=1S/C32H31F3N8O4/c1-17-14-19(25-24-22-7-5-20(42-12-10-36-11-13-42)15-23(22)39-26(24)38-16-37-25)4-6-21(17)18(2)43(47-30(45)32(33,34)35)28(44)27-40-29(41-46-27)31(3)8-9-31/h4-7,14-16,18,36H,8-13H2,1-3H3,(H,37,38,39)/t18-/m1/s1. The number of halogens is 3. The number of piperazine rings is 1. The van der Waals surface area contributed by atoms with E-state index in [1.807, 2.05) is 19.1 Å². The van der Waals surface area contributed by atoms with Crippen molar-refractivity contribution >= 4 is 39.5 Å². The number of hydroxylamine groups is 2. The molecular formula is C32H31F3N8O4. The molecule has 7 rings (SSSR count). The molecule has 4 heterocycles. The number of carbonyl (C=O) groups is 2. The summed E-state index contributed by atoms with van der Waals surface area (Å²) in [4.78, 5) is 48.9. The van der Waals surface area contributed by atoms with Crippen LogP contribution >= 0.6 is 0 Å². The van der Waals surface area contributed by atoms with Crippen molar-refractivity contribution in [1.82, 2.24) is 35.5 Å². The highest BCUT2D eigenvalue weighted by Gasteiger charge is 2.47. The molecule has 5 aromatic rings. The number of carbonyl (C=O) groups excluding carboxylic acids is 2. The van der Waals surface area contributed by atoms with Gasteiger partial charge >= 0.3 is 23.9 Å². The highest BCUT2D eigenvalue weighted by molar-refractivity contribution is 6.12. The molecule has 2 fully saturated rings. The number of hydrogen-bond acceptors (Lipinski definition) is 10. The molecule has 1 saturated carbocycles. The number of amides is 1. The van der Waals surface area contributed by atoms with Gasteiger partial charge in [-0.3, -0.25) is 4.79 Å². The third-order valence-corrected chi connectivity index (χ3v) is 8.96. The molecule has 0 spiro atoms. The molecule has 0 radical (unpaired) electrons. The van der Waals surface area contributed by atoms with Gasteiger partial charge < -0.3 is 24.6 Å². The van der Waals surface area contributed by atoms with Gasteiger partial charge in [-0.1, -0.05) is 30.3 Å². The van der Waals surface area contributed by atoms with Crippen LogP contribution in [-0.4, -0.2) is 74.4 Å². The Morgan fingerprint density at radius 1 is 1.11 bits per heavy atom. The SMILES string of the molecule is Cc1cc(-c2ncnc3[nH]c4cc(N5CCNCC5)ccc4c23)ccc1[C@@H](C)N(OC(=O)C(F)(F)F)C(=O)c1nc(C2(C)CC2)no1. The van der Waals surface area contributed by atoms with Crippen molar-refractivity contribution < 1.29 is 32.1 Å². The summed E-state index contributed by atoms with van der Waals surface area (Å²) in [6.45, 7) is 8.74. The van der Waals surface area contributed by atoms with Crippen LogP contribution in [0.15, 0.2) is 47.2 Å². The number of hydrogen-bond donors (Lipinski definition) is 2. The first kappa shape index (κ1) is 30.6. The van der Waals surface area contributed by atoms with Gasteiger partial charge in [-0.2, -0.15) is 23.2 Å². The lowest BCUT2D eigenvalue weighted by molar-refractivity contribution is -0.234. The number of aryl methyl sites for hydroxylation is 1. The molecule has 47 heavy (non-hydrogen) atoms. The van der Waals surface area contributed by atoms with Crippen LogP contribution in [0.2, 0.25) is 0 Å². The maximum Gasteiger partial charge on any atom is 0.493 e. The molecule has 0 unspecified atom stereocenters. The third kappa shape index (κ3) is 5.64. The van der Waals surface area contributed by atoms with Crippen molar-refractivity contribution in [1.29, 1.82) is 0 Å². The van der Waals surface area contributed by atoms with E-state index in [9.17, 15) is 22.8 Å². The fourth-order valence-electron chi connectivity index (χ4n) is 5.97. The second-order valence-corrected chi connectivity index (χ2v) is 12.3. The van der Waals surface area contributed by atoms with E-state index in [0.29, 0.717) is 27.5 Å². The number of nitrogens with zero attached hydrogens (tertiary/aromatic N) is 6. The fraction of sp³-hybridized carbons (Fsp3) is 0.375. The lowest BCUT2D eigenvalue weighted by Gasteiger charge is -2.29. The molecule has 1 saturated heterocycles. The third-order valence-electron chi connectivity index (χ3n) is 8.96. The largest absolute Gasteiger partial charge is 0.493 e. The molecule has 1 aliphatic carbocycles. The van der Waals surface area contributed by atoms with Crippen molar-refractivity contribution in [3.8, 4) is 11.3 Å². The molecule has 1 amide bonds. The summed E-state index contributed by atoms with van der Waals surface area (Å²) in [5.41, 5.74) is 4.74. The van der Waals surface area contributed by atoms with Crippen LogP contribution in [0, 0.1) is 6.92 Å². The Kier molecular flexibility index (Phi) is 7.38. The number of anilines is 1. The average molecular weight is 649 g/mol. The minimum Gasteiger partial charge on any atom is -0.369 e. The normalized spacial score (nSPS) is 16.8. The summed E-state index contributed by atoms with van der Waals surface area (Å²) < 4.78 is 44.9. The first-order chi connectivity index (χ1) is 22.4. The van der Waals surface area contributed by atoms with Gasteiger partial charge in [0, 0.05) is 53.7 Å². The zero-order chi connectivity index (χ0) is 33.1. The molecule has 12 nitrogen and oxygen atoms in total. The molecule has 3 aromatic heterocycles. The van der Waals surface area contributed by atoms with Gasteiger partial charge in [-0.25, -0.2) is 14.8 Å². The molecule has 244 valence electrons. The average Bonchev–Trinajstić information content (AvgIpc) is 3.44. The molecule has 2 aliphatic rings. The number of nitrogens with one attached hydrogen (secondary N) is 2. The number of fused-ring (bicyclic) bond motifs is 3. The molecule has 15 heteroatoms. The molecule has 2 aromatic carbocycles. The van der Waals surface area contributed by atoms with E-state index in [1.165, 1.54) is 13.3 Å². The van der Waals surface area contributed by atoms with Crippen LogP contribution < -0.4 is 10.2 Å². The van der Waals surface area contributed by atoms with Crippen LogP contribution in [0.3, 0.4) is 0 Å². The van der Waals surface area contributed by atoms with Crippen LogP contribution in [0.25, 0.3) is 33.2 Å².